The summed E-state index contributed by atoms with van der Waals surface area (Å²) < 4.78 is 27.7. The summed E-state index contributed by atoms with van der Waals surface area (Å²) in [4.78, 5) is 12.2. The molecule has 1 aromatic carbocycles. The van der Waals surface area contributed by atoms with Gasteiger partial charge in [0.15, 0.2) is 28.6 Å². The molecule has 0 amide bonds. The number of aliphatic hydroxyl groups excluding tert-OH is 1. The van der Waals surface area contributed by atoms with E-state index in [1.165, 1.54) is 7.11 Å². The largest absolute Gasteiger partial charge is 0.465 e. The van der Waals surface area contributed by atoms with E-state index in [0.717, 1.165) is 0 Å². The van der Waals surface area contributed by atoms with E-state index in [1.54, 1.807) is 27.7 Å². The SMILES string of the molecule is COC(=O)c1c2c(c(CO)c3c1OC(C)(C)O3)OC(C)(C)O2. The minimum atomic E-state index is -0.973. The Hall–Kier alpha value is -2.15. The highest BCUT2D eigenvalue weighted by Crippen LogP contribution is 2.57. The van der Waals surface area contributed by atoms with Gasteiger partial charge in [-0.1, -0.05) is 0 Å². The van der Waals surface area contributed by atoms with E-state index in [4.69, 9.17) is 23.7 Å². The second-order valence-electron chi connectivity index (χ2n) is 6.03. The summed E-state index contributed by atoms with van der Waals surface area (Å²) >= 11 is 0. The molecule has 3 rings (SSSR count). The van der Waals surface area contributed by atoms with Crippen LogP contribution in [0.5, 0.6) is 23.0 Å². The summed E-state index contributed by atoms with van der Waals surface area (Å²) in [6.45, 7) is 6.46. The molecule has 2 heterocycles. The van der Waals surface area contributed by atoms with Crippen LogP contribution in [0.15, 0.2) is 0 Å². The molecule has 0 aromatic heterocycles. The summed E-state index contributed by atoms with van der Waals surface area (Å²) in [5, 5.41) is 9.71. The first-order valence-corrected chi connectivity index (χ1v) is 6.87. The predicted molar refractivity (Wildman–Crippen MR) is 74.4 cm³/mol. The number of hydrogen-bond acceptors (Lipinski definition) is 7. The molecule has 0 bridgehead atoms. The van der Waals surface area contributed by atoms with E-state index in [1.807, 2.05) is 0 Å². The fourth-order valence-corrected chi connectivity index (χ4v) is 2.57. The molecule has 2 aliphatic heterocycles. The van der Waals surface area contributed by atoms with Crippen molar-refractivity contribution in [3.63, 3.8) is 0 Å². The van der Waals surface area contributed by atoms with Gasteiger partial charge in [0.25, 0.3) is 0 Å². The number of benzene rings is 1. The maximum atomic E-state index is 12.2. The van der Waals surface area contributed by atoms with Gasteiger partial charge in [-0.2, -0.15) is 0 Å². The van der Waals surface area contributed by atoms with Gasteiger partial charge in [-0.05, 0) is 0 Å². The lowest BCUT2D eigenvalue weighted by Crippen LogP contribution is -2.31. The van der Waals surface area contributed by atoms with Crippen LogP contribution in [0.3, 0.4) is 0 Å². The van der Waals surface area contributed by atoms with Crippen molar-refractivity contribution < 1.29 is 33.6 Å². The Morgan fingerprint density at radius 2 is 1.36 bits per heavy atom. The molecule has 120 valence electrons. The van der Waals surface area contributed by atoms with E-state index < -0.39 is 17.5 Å². The fraction of sp³-hybridized carbons (Fsp3) is 0.533. The van der Waals surface area contributed by atoms with Gasteiger partial charge in [-0.15, -0.1) is 0 Å². The zero-order valence-electron chi connectivity index (χ0n) is 13.1. The third-order valence-corrected chi connectivity index (χ3v) is 3.35. The molecule has 7 heteroatoms. The van der Waals surface area contributed by atoms with Gasteiger partial charge < -0.3 is 28.8 Å². The highest BCUT2D eigenvalue weighted by molar-refractivity contribution is 5.99. The molecule has 2 aliphatic rings. The summed E-state index contributed by atoms with van der Waals surface area (Å²) in [6, 6.07) is 0. The summed E-state index contributed by atoms with van der Waals surface area (Å²) in [5.41, 5.74) is 0.481. The third kappa shape index (κ3) is 2.04. The Kier molecular flexibility index (Phi) is 2.97. The molecule has 0 spiro atoms. The van der Waals surface area contributed by atoms with Crippen LogP contribution in [0.1, 0.15) is 43.6 Å². The van der Waals surface area contributed by atoms with E-state index in [-0.39, 0.29) is 35.2 Å². The lowest BCUT2D eigenvalue weighted by atomic mass is 10.1. The van der Waals surface area contributed by atoms with E-state index in [9.17, 15) is 9.90 Å². The second kappa shape index (κ2) is 4.42. The molecule has 0 aliphatic carbocycles. The number of rotatable bonds is 2. The van der Waals surface area contributed by atoms with Gasteiger partial charge >= 0.3 is 5.97 Å². The number of carbonyl (C=O) groups is 1. The number of esters is 1. The molecule has 0 saturated heterocycles. The molecular weight excluding hydrogens is 292 g/mol. The third-order valence-electron chi connectivity index (χ3n) is 3.35. The molecule has 0 saturated carbocycles. The zero-order valence-corrected chi connectivity index (χ0v) is 13.1. The Bertz CT molecular complexity index is 615. The number of fused-ring (bicyclic) bond motifs is 2. The molecule has 0 atom stereocenters. The number of ether oxygens (including phenoxy) is 5. The first-order valence-electron chi connectivity index (χ1n) is 6.87. The average molecular weight is 310 g/mol. The van der Waals surface area contributed by atoms with Crippen molar-refractivity contribution in [3.05, 3.63) is 11.1 Å². The Labute approximate surface area is 127 Å². The maximum absolute atomic E-state index is 12.2. The van der Waals surface area contributed by atoms with Crippen molar-refractivity contribution in [2.75, 3.05) is 7.11 Å². The molecule has 0 fully saturated rings. The normalized spacial score (nSPS) is 19.2. The van der Waals surface area contributed by atoms with Crippen molar-refractivity contribution in [1.29, 1.82) is 0 Å². The highest BCUT2D eigenvalue weighted by Gasteiger charge is 2.46. The van der Waals surface area contributed by atoms with Gasteiger partial charge in [-0.25, -0.2) is 4.79 Å². The monoisotopic (exact) mass is 310 g/mol. The maximum Gasteiger partial charge on any atom is 0.345 e. The quantitative estimate of drug-likeness (QED) is 0.836. The van der Waals surface area contributed by atoms with Crippen LogP contribution in [0.4, 0.5) is 0 Å². The second-order valence-corrected chi connectivity index (χ2v) is 6.03. The highest BCUT2D eigenvalue weighted by atomic mass is 16.7. The van der Waals surface area contributed by atoms with E-state index >= 15 is 0 Å². The molecular formula is C15H18O7. The minimum Gasteiger partial charge on any atom is -0.465 e. The van der Waals surface area contributed by atoms with Gasteiger partial charge in [0.1, 0.15) is 0 Å². The van der Waals surface area contributed by atoms with Crippen LogP contribution in [-0.2, 0) is 11.3 Å². The number of aliphatic hydroxyl groups is 1. The fourth-order valence-electron chi connectivity index (χ4n) is 2.57. The molecule has 1 N–H and O–H groups in total. The Morgan fingerprint density at radius 3 is 1.73 bits per heavy atom. The van der Waals surface area contributed by atoms with Crippen molar-refractivity contribution in [2.24, 2.45) is 0 Å². The molecule has 0 radical (unpaired) electrons. The van der Waals surface area contributed by atoms with Gasteiger partial charge in [0, 0.05) is 27.7 Å². The standard InChI is InChI=1S/C15H18O7/c1-14(2)19-9-7(6-16)10-12(22-15(3,4)20-10)8(11(9)21-14)13(17)18-5/h16H,6H2,1-5H3. The van der Waals surface area contributed by atoms with E-state index in [0.29, 0.717) is 5.56 Å². The van der Waals surface area contributed by atoms with Crippen molar-refractivity contribution in [3.8, 4) is 23.0 Å². The molecule has 22 heavy (non-hydrogen) atoms. The molecule has 1 aromatic rings. The van der Waals surface area contributed by atoms with Crippen molar-refractivity contribution in [1.82, 2.24) is 0 Å². The number of hydrogen-bond donors (Lipinski definition) is 1. The van der Waals surface area contributed by atoms with Crippen LogP contribution in [0, 0.1) is 0 Å². The summed E-state index contributed by atoms with van der Waals surface area (Å²) in [7, 11) is 1.27. The lowest BCUT2D eigenvalue weighted by Gasteiger charge is -2.18. The van der Waals surface area contributed by atoms with Gasteiger partial charge in [0.2, 0.25) is 11.6 Å². The summed E-state index contributed by atoms with van der Waals surface area (Å²) in [5.74, 6) is -1.64. The average Bonchev–Trinajstić information content (AvgIpc) is 2.88. The van der Waals surface area contributed by atoms with Gasteiger partial charge in [-0.3, -0.25) is 0 Å². The first kappa shape index (κ1) is 14.8. The zero-order chi connectivity index (χ0) is 16.3. The topological polar surface area (TPSA) is 83.5 Å². The summed E-state index contributed by atoms with van der Waals surface area (Å²) in [6.07, 6.45) is 0. The van der Waals surface area contributed by atoms with Crippen LogP contribution in [0.25, 0.3) is 0 Å². The van der Waals surface area contributed by atoms with Crippen LogP contribution >= 0.6 is 0 Å². The van der Waals surface area contributed by atoms with Crippen LogP contribution in [0.2, 0.25) is 0 Å². The Balaban J connectivity index is 2.30. The first-order chi connectivity index (χ1) is 10.2. The Morgan fingerprint density at radius 1 is 0.955 bits per heavy atom. The van der Waals surface area contributed by atoms with Crippen molar-refractivity contribution >= 4 is 5.97 Å². The number of methoxy groups -OCH3 is 1. The predicted octanol–water partition coefficient (Wildman–Crippen LogP) is 1.98. The van der Waals surface area contributed by atoms with Gasteiger partial charge in [0.05, 0.1) is 19.3 Å². The lowest BCUT2D eigenvalue weighted by molar-refractivity contribution is -0.0499. The molecule has 7 nitrogen and oxygen atoms in total. The van der Waals surface area contributed by atoms with Crippen LogP contribution < -0.4 is 18.9 Å². The minimum absolute atomic E-state index is 0.0980. The van der Waals surface area contributed by atoms with Crippen molar-refractivity contribution in [2.45, 2.75) is 45.9 Å². The van der Waals surface area contributed by atoms with Crippen LogP contribution in [-0.4, -0.2) is 29.8 Å². The van der Waals surface area contributed by atoms with E-state index in [2.05, 4.69) is 0 Å². The smallest absolute Gasteiger partial charge is 0.345 e. The number of carbonyl (C=O) groups excluding carboxylic acids is 1. The molecule has 0 unspecified atom stereocenters.